The summed E-state index contributed by atoms with van der Waals surface area (Å²) >= 11 is 1.54. The molecule has 3 nitrogen and oxygen atoms in total. The molecular formula is C10H14N2OS. The molecule has 0 unspecified atom stereocenters. The molecule has 0 spiro atoms. The maximum atomic E-state index is 11.4. The van der Waals surface area contributed by atoms with Crippen molar-refractivity contribution in [3.8, 4) is 0 Å². The molecule has 1 aromatic rings. The van der Waals surface area contributed by atoms with Crippen molar-refractivity contribution < 1.29 is 4.79 Å². The van der Waals surface area contributed by atoms with E-state index >= 15 is 0 Å². The van der Waals surface area contributed by atoms with Gasteiger partial charge < -0.3 is 5.32 Å². The van der Waals surface area contributed by atoms with Crippen molar-refractivity contribution in [3.63, 3.8) is 0 Å². The van der Waals surface area contributed by atoms with Crippen LogP contribution in [0.2, 0.25) is 0 Å². The Balaban J connectivity index is 2.40. The second-order valence-electron chi connectivity index (χ2n) is 4.21. The molecule has 1 N–H and O–H groups in total. The smallest absolute Gasteiger partial charge is 0.263 e. The minimum Gasteiger partial charge on any atom is -0.346 e. The Morgan fingerprint density at radius 3 is 2.86 bits per heavy atom. The number of nitrogens with one attached hydrogen (secondary N) is 1. The van der Waals surface area contributed by atoms with Crippen LogP contribution in [0, 0.1) is 0 Å². The lowest BCUT2D eigenvalue weighted by Crippen LogP contribution is -2.17. The Morgan fingerprint density at radius 2 is 2.29 bits per heavy atom. The summed E-state index contributed by atoms with van der Waals surface area (Å²) < 4.78 is 0. The monoisotopic (exact) mass is 210 g/mol. The van der Waals surface area contributed by atoms with Crippen molar-refractivity contribution in [2.45, 2.75) is 39.2 Å². The molecule has 0 aliphatic carbocycles. The van der Waals surface area contributed by atoms with Crippen LogP contribution < -0.4 is 5.32 Å². The van der Waals surface area contributed by atoms with Gasteiger partial charge in [-0.3, -0.25) is 4.79 Å². The zero-order chi connectivity index (χ0) is 10.3. The van der Waals surface area contributed by atoms with Gasteiger partial charge in [-0.25, -0.2) is 4.98 Å². The van der Waals surface area contributed by atoms with E-state index in [0.29, 0.717) is 6.54 Å². The second kappa shape index (κ2) is 3.05. The molecule has 1 aliphatic rings. The van der Waals surface area contributed by atoms with E-state index in [0.717, 1.165) is 22.0 Å². The van der Waals surface area contributed by atoms with E-state index in [-0.39, 0.29) is 11.3 Å². The van der Waals surface area contributed by atoms with Crippen molar-refractivity contribution in [1.82, 2.24) is 10.3 Å². The summed E-state index contributed by atoms with van der Waals surface area (Å²) in [6.45, 7) is 7.08. The maximum Gasteiger partial charge on any atom is 0.263 e. The Labute approximate surface area is 87.6 Å². The molecule has 2 rings (SSSR count). The molecule has 4 heteroatoms. The van der Waals surface area contributed by atoms with Gasteiger partial charge in [0.2, 0.25) is 0 Å². The fraction of sp³-hybridized carbons (Fsp3) is 0.600. The number of rotatable bonds is 2. The van der Waals surface area contributed by atoms with Gasteiger partial charge in [0.05, 0.1) is 17.2 Å². The van der Waals surface area contributed by atoms with Gasteiger partial charge in [-0.2, -0.15) is 0 Å². The number of thiazole rings is 1. The molecule has 0 aromatic carbocycles. The maximum absolute atomic E-state index is 11.4. The number of carbonyl (C=O) groups excluding carboxylic acids is 1. The first-order chi connectivity index (χ1) is 6.54. The molecular weight excluding hydrogens is 196 g/mol. The highest BCUT2D eigenvalue weighted by Crippen LogP contribution is 2.33. The van der Waals surface area contributed by atoms with Gasteiger partial charge in [-0.05, 0) is 6.42 Å². The molecule has 2 heterocycles. The van der Waals surface area contributed by atoms with Gasteiger partial charge in [-0.15, -0.1) is 11.3 Å². The lowest BCUT2D eigenvalue weighted by Gasteiger charge is -2.18. The third-order valence-electron chi connectivity index (χ3n) is 2.78. The largest absolute Gasteiger partial charge is 0.346 e. The van der Waals surface area contributed by atoms with E-state index in [9.17, 15) is 4.79 Å². The van der Waals surface area contributed by atoms with Gasteiger partial charge in [-0.1, -0.05) is 20.8 Å². The Bertz CT molecular complexity index is 381. The summed E-state index contributed by atoms with van der Waals surface area (Å²) in [4.78, 5) is 16.7. The van der Waals surface area contributed by atoms with Gasteiger partial charge in [0, 0.05) is 5.41 Å². The highest BCUT2D eigenvalue weighted by molar-refractivity contribution is 7.14. The number of fused-ring (bicyclic) bond motifs is 1. The van der Waals surface area contributed by atoms with Crippen molar-refractivity contribution in [1.29, 1.82) is 0 Å². The number of hydrogen-bond donors (Lipinski definition) is 1. The van der Waals surface area contributed by atoms with Crippen LogP contribution in [0.15, 0.2) is 0 Å². The second-order valence-corrected chi connectivity index (χ2v) is 5.21. The number of hydrogen-bond acceptors (Lipinski definition) is 3. The summed E-state index contributed by atoms with van der Waals surface area (Å²) in [6.07, 6.45) is 1.04. The molecule has 1 aromatic heterocycles. The van der Waals surface area contributed by atoms with Crippen molar-refractivity contribution in [2.24, 2.45) is 0 Å². The summed E-state index contributed by atoms with van der Waals surface area (Å²) in [5, 5.41) is 3.85. The summed E-state index contributed by atoms with van der Waals surface area (Å²) in [6, 6.07) is 0. The number of carbonyl (C=O) groups is 1. The molecule has 0 saturated heterocycles. The predicted octanol–water partition coefficient (Wildman–Crippen LogP) is 2.07. The average Bonchev–Trinajstić information content (AvgIpc) is 2.69. The van der Waals surface area contributed by atoms with Crippen LogP contribution in [0.1, 0.15) is 47.6 Å². The fourth-order valence-corrected chi connectivity index (χ4v) is 2.50. The molecule has 0 radical (unpaired) electrons. The van der Waals surface area contributed by atoms with Crippen LogP contribution in [-0.4, -0.2) is 10.9 Å². The van der Waals surface area contributed by atoms with Gasteiger partial charge in [0.15, 0.2) is 0 Å². The quantitative estimate of drug-likeness (QED) is 0.812. The van der Waals surface area contributed by atoms with Crippen molar-refractivity contribution in [3.05, 3.63) is 15.6 Å². The summed E-state index contributed by atoms with van der Waals surface area (Å²) in [7, 11) is 0. The van der Waals surface area contributed by atoms with Gasteiger partial charge in [0.25, 0.3) is 5.91 Å². The first-order valence-electron chi connectivity index (χ1n) is 4.83. The standard InChI is InChI=1S/C10H14N2OS/c1-4-10(2,3)9-12-6-5-11-8(13)7(6)14-9/h4-5H2,1-3H3,(H,11,13). The molecule has 0 bridgehead atoms. The van der Waals surface area contributed by atoms with E-state index < -0.39 is 0 Å². The van der Waals surface area contributed by atoms with Crippen molar-refractivity contribution in [2.75, 3.05) is 0 Å². The molecule has 0 fully saturated rings. The van der Waals surface area contributed by atoms with Crippen LogP contribution in [0.4, 0.5) is 0 Å². The molecule has 0 saturated carbocycles. The number of amides is 1. The molecule has 0 atom stereocenters. The Hall–Kier alpha value is -0.900. The lowest BCUT2D eigenvalue weighted by molar-refractivity contribution is 0.0969. The van der Waals surface area contributed by atoms with Crippen LogP contribution in [0.25, 0.3) is 0 Å². The van der Waals surface area contributed by atoms with Crippen LogP contribution >= 0.6 is 11.3 Å². The first kappa shape index (κ1) is 9.65. The molecule has 1 aliphatic heterocycles. The zero-order valence-electron chi connectivity index (χ0n) is 8.68. The first-order valence-corrected chi connectivity index (χ1v) is 5.64. The summed E-state index contributed by atoms with van der Waals surface area (Å²) in [5.74, 6) is 0.0376. The van der Waals surface area contributed by atoms with E-state index in [1.807, 2.05) is 0 Å². The average molecular weight is 210 g/mol. The Morgan fingerprint density at radius 1 is 1.57 bits per heavy atom. The van der Waals surface area contributed by atoms with Crippen LogP contribution in [0.5, 0.6) is 0 Å². The lowest BCUT2D eigenvalue weighted by atomic mass is 9.91. The molecule has 76 valence electrons. The topological polar surface area (TPSA) is 42.0 Å². The Kier molecular flexibility index (Phi) is 2.10. The predicted molar refractivity (Wildman–Crippen MR) is 56.6 cm³/mol. The third kappa shape index (κ3) is 1.34. The number of aromatic nitrogens is 1. The highest BCUT2D eigenvalue weighted by atomic mass is 32.1. The van der Waals surface area contributed by atoms with E-state index in [1.54, 1.807) is 0 Å². The number of nitrogens with zero attached hydrogens (tertiary/aromatic N) is 1. The van der Waals surface area contributed by atoms with Gasteiger partial charge in [0.1, 0.15) is 4.88 Å². The highest BCUT2D eigenvalue weighted by Gasteiger charge is 2.29. The van der Waals surface area contributed by atoms with E-state index in [2.05, 4.69) is 31.1 Å². The molecule has 1 amide bonds. The minimum absolute atomic E-state index is 0.0376. The van der Waals surface area contributed by atoms with Crippen LogP contribution in [-0.2, 0) is 12.0 Å². The SMILES string of the molecule is CCC(C)(C)c1nc2c(s1)C(=O)NC2. The third-order valence-corrected chi connectivity index (χ3v) is 4.25. The zero-order valence-corrected chi connectivity index (χ0v) is 9.49. The van der Waals surface area contributed by atoms with E-state index in [4.69, 9.17) is 0 Å². The van der Waals surface area contributed by atoms with Crippen molar-refractivity contribution >= 4 is 17.2 Å². The summed E-state index contributed by atoms with van der Waals surface area (Å²) in [5.41, 5.74) is 1.02. The molecule has 14 heavy (non-hydrogen) atoms. The fourth-order valence-electron chi connectivity index (χ4n) is 1.33. The van der Waals surface area contributed by atoms with E-state index in [1.165, 1.54) is 11.3 Å². The minimum atomic E-state index is 0.0376. The van der Waals surface area contributed by atoms with Crippen LogP contribution in [0.3, 0.4) is 0 Å². The normalized spacial score (nSPS) is 15.5. The van der Waals surface area contributed by atoms with Gasteiger partial charge >= 0.3 is 0 Å².